The predicted octanol–water partition coefficient (Wildman–Crippen LogP) is 4.70. The van der Waals surface area contributed by atoms with Crippen LogP contribution in [-0.4, -0.2) is 36.1 Å². The summed E-state index contributed by atoms with van der Waals surface area (Å²) in [6.07, 6.45) is 5.35. The molecule has 1 amide bonds. The third kappa shape index (κ3) is 3.86. The number of likely N-dealkylation sites (tertiary alicyclic amines) is 1. The number of nitrogens with zero attached hydrogens (tertiary/aromatic N) is 1. The van der Waals surface area contributed by atoms with Gasteiger partial charge in [-0.15, -0.1) is 11.3 Å². The van der Waals surface area contributed by atoms with Crippen LogP contribution in [0.5, 0.6) is 0 Å². The SMILES string of the molecule is Cc1ccc(C(=O)N2CCC3(CC2)CC(Cc2ccccc2)CCO3)s1. The molecule has 0 radical (unpaired) electrons. The molecule has 138 valence electrons. The van der Waals surface area contributed by atoms with Gasteiger partial charge in [-0.05, 0) is 62.6 Å². The molecular formula is C22H27NO2S. The fraction of sp³-hybridized carbons (Fsp3) is 0.500. The van der Waals surface area contributed by atoms with Gasteiger partial charge in [0.25, 0.3) is 5.91 Å². The van der Waals surface area contributed by atoms with Crippen LogP contribution in [0.2, 0.25) is 0 Å². The fourth-order valence-electron chi connectivity index (χ4n) is 4.42. The molecule has 3 nitrogen and oxygen atoms in total. The summed E-state index contributed by atoms with van der Waals surface area (Å²) in [4.78, 5) is 16.8. The smallest absolute Gasteiger partial charge is 0.263 e. The summed E-state index contributed by atoms with van der Waals surface area (Å²) in [6, 6.07) is 14.8. The van der Waals surface area contributed by atoms with Crippen molar-refractivity contribution in [3.63, 3.8) is 0 Å². The normalized spacial score (nSPS) is 22.5. The Hall–Kier alpha value is -1.65. The first kappa shape index (κ1) is 17.7. The summed E-state index contributed by atoms with van der Waals surface area (Å²) in [7, 11) is 0. The second kappa shape index (κ2) is 7.53. The average Bonchev–Trinajstić information content (AvgIpc) is 3.09. The molecule has 0 bridgehead atoms. The Morgan fingerprint density at radius 1 is 1.19 bits per heavy atom. The van der Waals surface area contributed by atoms with E-state index in [1.807, 2.05) is 17.0 Å². The fourth-order valence-corrected chi connectivity index (χ4v) is 5.26. The molecule has 2 aliphatic heterocycles. The van der Waals surface area contributed by atoms with Gasteiger partial charge in [0.05, 0.1) is 10.5 Å². The van der Waals surface area contributed by atoms with Gasteiger partial charge in [0.15, 0.2) is 0 Å². The van der Waals surface area contributed by atoms with E-state index in [1.165, 1.54) is 10.4 Å². The number of carbonyl (C=O) groups excluding carboxylic acids is 1. The Labute approximate surface area is 160 Å². The second-order valence-corrected chi connectivity index (χ2v) is 9.07. The summed E-state index contributed by atoms with van der Waals surface area (Å²) in [5.41, 5.74) is 1.41. The number of thiophene rings is 1. The Balaban J connectivity index is 1.36. The monoisotopic (exact) mass is 369 g/mol. The molecule has 0 saturated carbocycles. The highest BCUT2D eigenvalue weighted by atomic mass is 32.1. The van der Waals surface area contributed by atoms with E-state index >= 15 is 0 Å². The van der Waals surface area contributed by atoms with Crippen molar-refractivity contribution in [1.82, 2.24) is 4.90 Å². The quantitative estimate of drug-likeness (QED) is 0.785. The Bertz CT molecular complexity index is 747. The van der Waals surface area contributed by atoms with Gasteiger partial charge in [-0.3, -0.25) is 4.79 Å². The molecule has 0 aliphatic carbocycles. The van der Waals surface area contributed by atoms with Crippen LogP contribution < -0.4 is 0 Å². The van der Waals surface area contributed by atoms with Gasteiger partial charge >= 0.3 is 0 Å². The largest absolute Gasteiger partial charge is 0.375 e. The van der Waals surface area contributed by atoms with Gasteiger partial charge in [-0.2, -0.15) is 0 Å². The highest BCUT2D eigenvalue weighted by Crippen LogP contribution is 2.39. The van der Waals surface area contributed by atoms with Crippen LogP contribution in [0.15, 0.2) is 42.5 Å². The lowest BCUT2D eigenvalue weighted by Crippen LogP contribution is -2.50. The first-order valence-corrected chi connectivity index (χ1v) is 10.5. The number of hydrogen-bond acceptors (Lipinski definition) is 3. The van der Waals surface area contributed by atoms with Crippen LogP contribution in [-0.2, 0) is 11.2 Å². The number of rotatable bonds is 3. The van der Waals surface area contributed by atoms with E-state index in [2.05, 4.69) is 37.3 Å². The van der Waals surface area contributed by atoms with E-state index in [9.17, 15) is 4.79 Å². The highest BCUT2D eigenvalue weighted by molar-refractivity contribution is 7.13. The van der Waals surface area contributed by atoms with E-state index in [-0.39, 0.29) is 11.5 Å². The van der Waals surface area contributed by atoms with E-state index in [0.717, 1.165) is 56.7 Å². The van der Waals surface area contributed by atoms with Crippen molar-refractivity contribution < 1.29 is 9.53 Å². The molecule has 0 N–H and O–H groups in total. The van der Waals surface area contributed by atoms with Crippen molar-refractivity contribution in [2.24, 2.45) is 5.92 Å². The number of benzene rings is 1. The van der Waals surface area contributed by atoms with Crippen LogP contribution in [0, 0.1) is 12.8 Å². The first-order chi connectivity index (χ1) is 12.6. The van der Waals surface area contributed by atoms with Crippen molar-refractivity contribution in [3.05, 3.63) is 57.8 Å². The van der Waals surface area contributed by atoms with Crippen LogP contribution in [0.4, 0.5) is 0 Å². The number of hydrogen-bond donors (Lipinski definition) is 0. The molecule has 1 atom stereocenters. The average molecular weight is 370 g/mol. The van der Waals surface area contributed by atoms with E-state index in [0.29, 0.717) is 5.92 Å². The van der Waals surface area contributed by atoms with Gasteiger partial charge < -0.3 is 9.64 Å². The molecule has 2 aromatic rings. The minimum atomic E-state index is -0.0140. The van der Waals surface area contributed by atoms with Gasteiger partial charge in [-0.25, -0.2) is 0 Å². The zero-order valence-electron chi connectivity index (χ0n) is 15.4. The molecular weight excluding hydrogens is 342 g/mol. The van der Waals surface area contributed by atoms with Crippen molar-refractivity contribution in [3.8, 4) is 0 Å². The summed E-state index contributed by atoms with van der Waals surface area (Å²) in [5.74, 6) is 0.878. The molecule has 1 aromatic heterocycles. The number of amides is 1. The standard InChI is InChI=1S/C22H27NO2S/c1-17-7-8-20(26-17)21(24)23-12-10-22(11-13-23)16-19(9-14-25-22)15-18-5-3-2-4-6-18/h2-8,19H,9-16H2,1H3. The van der Waals surface area contributed by atoms with E-state index in [4.69, 9.17) is 4.74 Å². The van der Waals surface area contributed by atoms with Crippen molar-refractivity contribution in [2.45, 2.75) is 44.6 Å². The van der Waals surface area contributed by atoms with Gasteiger partial charge in [0.2, 0.25) is 0 Å². The van der Waals surface area contributed by atoms with Crippen LogP contribution in [0.1, 0.15) is 45.8 Å². The van der Waals surface area contributed by atoms with Gasteiger partial charge in [0, 0.05) is 24.6 Å². The first-order valence-electron chi connectivity index (χ1n) is 9.67. The minimum absolute atomic E-state index is 0.0140. The lowest BCUT2D eigenvalue weighted by atomic mass is 9.77. The topological polar surface area (TPSA) is 29.5 Å². The van der Waals surface area contributed by atoms with Crippen molar-refractivity contribution >= 4 is 17.2 Å². The van der Waals surface area contributed by atoms with Crippen LogP contribution >= 0.6 is 11.3 Å². The van der Waals surface area contributed by atoms with Crippen molar-refractivity contribution in [2.75, 3.05) is 19.7 Å². The van der Waals surface area contributed by atoms with Crippen LogP contribution in [0.3, 0.4) is 0 Å². The molecule has 1 unspecified atom stereocenters. The summed E-state index contributed by atoms with van der Waals surface area (Å²) >= 11 is 1.60. The van der Waals surface area contributed by atoms with Crippen LogP contribution in [0.25, 0.3) is 0 Å². The predicted molar refractivity (Wildman–Crippen MR) is 106 cm³/mol. The van der Waals surface area contributed by atoms with E-state index in [1.54, 1.807) is 11.3 Å². The maximum absolute atomic E-state index is 12.7. The summed E-state index contributed by atoms with van der Waals surface area (Å²) in [5, 5.41) is 0. The molecule has 26 heavy (non-hydrogen) atoms. The number of aryl methyl sites for hydroxylation is 1. The minimum Gasteiger partial charge on any atom is -0.375 e. The molecule has 4 rings (SSSR count). The molecule has 1 spiro atoms. The van der Waals surface area contributed by atoms with Gasteiger partial charge in [-0.1, -0.05) is 30.3 Å². The number of piperidine rings is 1. The Morgan fingerprint density at radius 3 is 2.65 bits per heavy atom. The number of ether oxygens (including phenoxy) is 1. The second-order valence-electron chi connectivity index (χ2n) is 7.78. The summed E-state index contributed by atoms with van der Waals surface area (Å²) < 4.78 is 6.28. The molecule has 2 aliphatic rings. The third-order valence-corrected chi connectivity index (χ3v) is 6.86. The third-order valence-electron chi connectivity index (χ3n) is 5.88. The molecule has 4 heteroatoms. The molecule has 2 fully saturated rings. The molecule has 1 aromatic carbocycles. The zero-order chi connectivity index (χ0) is 18.0. The van der Waals surface area contributed by atoms with Crippen molar-refractivity contribution in [1.29, 1.82) is 0 Å². The zero-order valence-corrected chi connectivity index (χ0v) is 16.3. The highest BCUT2D eigenvalue weighted by Gasteiger charge is 2.41. The van der Waals surface area contributed by atoms with E-state index < -0.39 is 0 Å². The molecule has 2 saturated heterocycles. The maximum atomic E-state index is 12.7. The lowest BCUT2D eigenvalue weighted by Gasteiger charge is -2.46. The number of carbonyl (C=O) groups is 1. The lowest BCUT2D eigenvalue weighted by molar-refractivity contribution is -0.123. The summed E-state index contributed by atoms with van der Waals surface area (Å²) in [6.45, 7) is 4.53. The Kier molecular flexibility index (Phi) is 5.14. The maximum Gasteiger partial charge on any atom is 0.263 e. The Morgan fingerprint density at radius 2 is 1.96 bits per heavy atom. The van der Waals surface area contributed by atoms with Gasteiger partial charge in [0.1, 0.15) is 0 Å². The molecule has 3 heterocycles.